The van der Waals surface area contributed by atoms with Crippen LogP contribution in [0.1, 0.15) is 41.3 Å². The molecule has 3 amide bonds. The Morgan fingerprint density at radius 1 is 1.09 bits per heavy atom. The topological polar surface area (TPSA) is 116 Å². The van der Waals surface area contributed by atoms with Crippen molar-refractivity contribution in [3.8, 4) is 0 Å². The Labute approximate surface area is 199 Å². The van der Waals surface area contributed by atoms with E-state index in [-0.39, 0.29) is 42.8 Å². The van der Waals surface area contributed by atoms with Gasteiger partial charge in [-0.1, -0.05) is 24.3 Å². The van der Waals surface area contributed by atoms with Gasteiger partial charge in [0.2, 0.25) is 21.8 Å². The summed E-state index contributed by atoms with van der Waals surface area (Å²) >= 11 is 0. The molecule has 9 nitrogen and oxygen atoms in total. The molecule has 0 radical (unpaired) electrons. The minimum absolute atomic E-state index is 0.000113. The van der Waals surface area contributed by atoms with E-state index in [9.17, 15) is 22.8 Å². The first-order valence-electron chi connectivity index (χ1n) is 11.1. The van der Waals surface area contributed by atoms with Crippen molar-refractivity contribution in [2.24, 2.45) is 0 Å². The van der Waals surface area contributed by atoms with E-state index in [1.807, 2.05) is 13.0 Å². The van der Waals surface area contributed by atoms with Crippen molar-refractivity contribution in [1.29, 1.82) is 0 Å². The number of sulfonamides is 1. The van der Waals surface area contributed by atoms with Gasteiger partial charge in [0.25, 0.3) is 5.91 Å². The van der Waals surface area contributed by atoms with E-state index in [0.717, 1.165) is 5.56 Å². The predicted octanol–water partition coefficient (Wildman–Crippen LogP) is 1.70. The molecule has 2 aliphatic heterocycles. The van der Waals surface area contributed by atoms with Crippen molar-refractivity contribution in [2.75, 3.05) is 24.5 Å². The molecule has 1 unspecified atom stereocenters. The molecule has 0 aromatic heterocycles. The highest BCUT2D eigenvalue weighted by atomic mass is 32.2. The van der Waals surface area contributed by atoms with Crippen molar-refractivity contribution < 1.29 is 22.8 Å². The molecule has 0 aliphatic carbocycles. The lowest BCUT2D eigenvalue weighted by atomic mass is 9.98. The van der Waals surface area contributed by atoms with E-state index < -0.39 is 21.6 Å². The van der Waals surface area contributed by atoms with Gasteiger partial charge in [0, 0.05) is 19.5 Å². The molecular weight excluding hydrogens is 456 g/mol. The van der Waals surface area contributed by atoms with Gasteiger partial charge in [-0.15, -0.1) is 0 Å². The Balaban J connectivity index is 1.40. The Kier molecular flexibility index (Phi) is 6.22. The second kappa shape index (κ2) is 8.84. The summed E-state index contributed by atoms with van der Waals surface area (Å²) in [6, 6.07) is 12.1. The maximum Gasteiger partial charge on any atom is 0.258 e. The van der Waals surface area contributed by atoms with Crippen molar-refractivity contribution in [1.82, 2.24) is 14.9 Å². The Morgan fingerprint density at radius 3 is 2.59 bits per heavy atom. The highest BCUT2D eigenvalue weighted by Crippen LogP contribution is 2.43. The van der Waals surface area contributed by atoms with Gasteiger partial charge in [0.15, 0.2) is 0 Å². The smallest absolute Gasteiger partial charge is 0.258 e. The number of nitrogens with one attached hydrogen (secondary N) is 2. The van der Waals surface area contributed by atoms with Crippen molar-refractivity contribution in [2.45, 2.75) is 44.2 Å². The van der Waals surface area contributed by atoms with E-state index in [4.69, 9.17) is 0 Å². The molecule has 10 heteroatoms. The van der Waals surface area contributed by atoms with Crippen LogP contribution in [-0.4, -0.2) is 56.3 Å². The first-order valence-corrected chi connectivity index (χ1v) is 12.6. The molecule has 34 heavy (non-hydrogen) atoms. The van der Waals surface area contributed by atoms with E-state index in [1.54, 1.807) is 55.1 Å². The second-order valence-corrected chi connectivity index (χ2v) is 10.6. The normalized spacial score (nSPS) is 19.7. The van der Waals surface area contributed by atoms with Gasteiger partial charge in [-0.05, 0) is 56.5 Å². The van der Waals surface area contributed by atoms with Gasteiger partial charge >= 0.3 is 0 Å². The lowest BCUT2D eigenvalue weighted by Crippen LogP contribution is -2.64. The van der Waals surface area contributed by atoms with Crippen LogP contribution in [0.15, 0.2) is 47.4 Å². The number of amides is 3. The number of carbonyl (C=O) groups is 3. The van der Waals surface area contributed by atoms with Crippen molar-refractivity contribution >= 4 is 33.4 Å². The third kappa shape index (κ3) is 4.19. The van der Waals surface area contributed by atoms with Crippen LogP contribution in [0.3, 0.4) is 0 Å². The van der Waals surface area contributed by atoms with Gasteiger partial charge in [-0.25, -0.2) is 13.1 Å². The molecule has 1 fully saturated rings. The average molecular weight is 485 g/mol. The van der Waals surface area contributed by atoms with Crippen LogP contribution in [-0.2, 0) is 19.6 Å². The molecule has 1 atom stereocenters. The predicted molar refractivity (Wildman–Crippen MR) is 127 cm³/mol. The van der Waals surface area contributed by atoms with E-state index in [0.29, 0.717) is 23.2 Å². The molecule has 4 rings (SSSR count). The molecule has 1 saturated heterocycles. The number of hydrogen-bond donors (Lipinski definition) is 2. The number of para-hydroxylation sites is 1. The van der Waals surface area contributed by atoms with Gasteiger partial charge in [0.05, 0.1) is 16.1 Å². The minimum atomic E-state index is -3.72. The zero-order chi connectivity index (χ0) is 24.7. The zero-order valence-corrected chi connectivity index (χ0v) is 20.2. The lowest BCUT2D eigenvalue weighted by Gasteiger charge is -2.48. The van der Waals surface area contributed by atoms with Gasteiger partial charge < -0.3 is 10.2 Å². The molecule has 0 spiro atoms. The Bertz CT molecular complexity index is 1280. The molecule has 2 aromatic carbocycles. The van der Waals surface area contributed by atoms with E-state index in [2.05, 4.69) is 10.0 Å². The van der Waals surface area contributed by atoms with Gasteiger partial charge in [-0.2, -0.15) is 0 Å². The maximum absolute atomic E-state index is 13.2. The average Bonchev–Trinajstić information content (AvgIpc) is 3.11. The fourth-order valence-electron chi connectivity index (χ4n) is 4.60. The van der Waals surface area contributed by atoms with Gasteiger partial charge in [0.1, 0.15) is 12.2 Å². The molecule has 2 heterocycles. The summed E-state index contributed by atoms with van der Waals surface area (Å²) in [6.07, 6.45) is 0.714. The summed E-state index contributed by atoms with van der Waals surface area (Å²) in [5, 5.41) is 2.67. The van der Waals surface area contributed by atoms with Crippen LogP contribution >= 0.6 is 0 Å². The molecule has 2 aliphatic rings. The van der Waals surface area contributed by atoms with Gasteiger partial charge in [-0.3, -0.25) is 19.3 Å². The summed E-state index contributed by atoms with van der Waals surface area (Å²) in [4.78, 5) is 41.7. The molecule has 0 saturated carbocycles. The molecule has 2 aromatic rings. The largest absolute Gasteiger partial charge is 0.353 e. The highest BCUT2D eigenvalue weighted by molar-refractivity contribution is 7.89. The molecule has 180 valence electrons. The van der Waals surface area contributed by atoms with Crippen LogP contribution in [0.4, 0.5) is 5.69 Å². The van der Waals surface area contributed by atoms with Crippen LogP contribution < -0.4 is 14.9 Å². The number of fused-ring (bicyclic) bond motifs is 3. The first kappa shape index (κ1) is 23.9. The lowest BCUT2D eigenvalue weighted by molar-refractivity contribution is -0.123. The van der Waals surface area contributed by atoms with E-state index in [1.165, 1.54) is 4.90 Å². The van der Waals surface area contributed by atoms with Crippen molar-refractivity contribution in [3.05, 3.63) is 59.2 Å². The summed E-state index contributed by atoms with van der Waals surface area (Å²) < 4.78 is 27.7. The SMILES string of the molecule is Cc1ccc(C)c(S(=O)(=O)NCCNC(=O)CN2C(=O)c3ccccc3N3C(=O)CCC23C)c1. The second-order valence-electron chi connectivity index (χ2n) is 8.87. The van der Waals surface area contributed by atoms with Crippen LogP contribution in [0.2, 0.25) is 0 Å². The standard InChI is InChI=1S/C24H28N4O5S/c1-16-8-9-17(2)20(14-16)34(32,33)26-13-12-25-21(29)15-27-23(31)18-6-4-5-7-19(18)28-22(30)10-11-24(27,28)3/h4-9,14,26H,10-13,15H2,1-3H3,(H,25,29). The van der Waals surface area contributed by atoms with Crippen LogP contribution in [0.5, 0.6) is 0 Å². The monoisotopic (exact) mass is 484 g/mol. The highest BCUT2D eigenvalue weighted by Gasteiger charge is 2.53. The molecule has 0 bridgehead atoms. The fourth-order valence-corrected chi connectivity index (χ4v) is 5.96. The Morgan fingerprint density at radius 2 is 1.82 bits per heavy atom. The number of carbonyl (C=O) groups excluding carboxylic acids is 3. The summed E-state index contributed by atoms with van der Waals surface area (Å²) in [7, 11) is -3.72. The third-order valence-electron chi connectivity index (χ3n) is 6.42. The molecule has 2 N–H and O–H groups in total. The summed E-state index contributed by atoms with van der Waals surface area (Å²) in [5.74, 6) is -0.831. The van der Waals surface area contributed by atoms with E-state index >= 15 is 0 Å². The van der Waals surface area contributed by atoms with Crippen LogP contribution in [0.25, 0.3) is 0 Å². The number of rotatable bonds is 7. The molecular formula is C24H28N4O5S. The first-order chi connectivity index (χ1) is 16.0. The quantitative estimate of drug-likeness (QED) is 0.581. The number of benzene rings is 2. The minimum Gasteiger partial charge on any atom is -0.353 e. The maximum atomic E-state index is 13.2. The Hall–Kier alpha value is -3.24. The number of hydrogen-bond acceptors (Lipinski definition) is 5. The zero-order valence-electron chi connectivity index (χ0n) is 19.4. The number of nitrogens with zero attached hydrogens (tertiary/aromatic N) is 2. The summed E-state index contributed by atoms with van der Waals surface area (Å²) in [5.41, 5.74) is 1.48. The number of aryl methyl sites for hydroxylation is 2. The fraction of sp³-hybridized carbons (Fsp3) is 0.375. The van der Waals surface area contributed by atoms with Crippen molar-refractivity contribution in [3.63, 3.8) is 0 Å². The number of anilines is 1. The third-order valence-corrected chi connectivity index (χ3v) is 8.02. The van der Waals surface area contributed by atoms with Crippen LogP contribution in [0, 0.1) is 13.8 Å². The summed E-state index contributed by atoms with van der Waals surface area (Å²) in [6.45, 7) is 5.15.